The molecule has 104 valence electrons. The second kappa shape index (κ2) is 6.29. The zero-order valence-corrected chi connectivity index (χ0v) is 11.7. The van der Waals surface area contributed by atoms with Crippen LogP contribution in [0.3, 0.4) is 0 Å². The maximum absolute atomic E-state index is 13.1. The molecule has 1 aromatic carbocycles. The van der Waals surface area contributed by atoms with Gasteiger partial charge in [-0.3, -0.25) is 9.69 Å². The lowest BCUT2D eigenvalue weighted by molar-refractivity contribution is 0.0882. The van der Waals surface area contributed by atoms with Gasteiger partial charge in [-0.05, 0) is 37.9 Å². The SMILES string of the molecule is CC1CCCC(N(C)CC(=O)c2cccc(F)c2)C1. The largest absolute Gasteiger partial charge is 0.296 e. The van der Waals surface area contributed by atoms with Gasteiger partial charge in [-0.15, -0.1) is 0 Å². The second-order valence-electron chi connectivity index (χ2n) is 5.77. The minimum absolute atomic E-state index is 0.000210. The van der Waals surface area contributed by atoms with Gasteiger partial charge in [0.05, 0.1) is 6.54 Å². The summed E-state index contributed by atoms with van der Waals surface area (Å²) in [6, 6.07) is 6.44. The maximum atomic E-state index is 13.1. The number of likely N-dealkylation sites (N-methyl/N-ethyl adjacent to an activating group) is 1. The molecule has 2 unspecified atom stereocenters. The summed E-state index contributed by atoms with van der Waals surface area (Å²) < 4.78 is 13.1. The number of ketones is 1. The molecule has 3 heteroatoms. The first-order chi connectivity index (χ1) is 9.06. The van der Waals surface area contributed by atoms with E-state index in [-0.39, 0.29) is 11.6 Å². The Kier molecular flexibility index (Phi) is 4.70. The summed E-state index contributed by atoms with van der Waals surface area (Å²) in [6.07, 6.45) is 4.86. The lowest BCUT2D eigenvalue weighted by atomic mass is 9.86. The van der Waals surface area contributed by atoms with Gasteiger partial charge >= 0.3 is 0 Å². The van der Waals surface area contributed by atoms with Crippen LogP contribution in [0.1, 0.15) is 43.0 Å². The number of Topliss-reactive ketones (excluding diaryl/α,β-unsaturated/α-hetero) is 1. The highest BCUT2D eigenvalue weighted by Gasteiger charge is 2.23. The number of hydrogen-bond donors (Lipinski definition) is 0. The molecule has 2 nitrogen and oxygen atoms in total. The van der Waals surface area contributed by atoms with Crippen molar-refractivity contribution < 1.29 is 9.18 Å². The Bertz CT molecular complexity index is 446. The predicted octanol–water partition coefficient (Wildman–Crippen LogP) is 3.52. The molecule has 0 bridgehead atoms. The van der Waals surface area contributed by atoms with Gasteiger partial charge < -0.3 is 0 Å². The zero-order chi connectivity index (χ0) is 13.8. The molecule has 1 fully saturated rings. The van der Waals surface area contributed by atoms with Crippen LogP contribution >= 0.6 is 0 Å². The number of benzene rings is 1. The van der Waals surface area contributed by atoms with E-state index < -0.39 is 0 Å². The van der Waals surface area contributed by atoms with Crippen molar-refractivity contribution >= 4 is 5.78 Å². The molecule has 1 aromatic rings. The molecule has 2 rings (SSSR count). The standard InChI is InChI=1S/C16H22FNO/c1-12-5-3-8-15(9-12)18(2)11-16(19)13-6-4-7-14(17)10-13/h4,6-7,10,12,15H,3,5,8-9,11H2,1-2H3. The molecular weight excluding hydrogens is 241 g/mol. The Morgan fingerprint density at radius 1 is 1.42 bits per heavy atom. The summed E-state index contributed by atoms with van der Waals surface area (Å²) in [5.74, 6) is 0.394. The Morgan fingerprint density at radius 3 is 2.89 bits per heavy atom. The van der Waals surface area contributed by atoms with Crippen molar-refractivity contribution in [1.82, 2.24) is 4.90 Å². The monoisotopic (exact) mass is 263 g/mol. The van der Waals surface area contributed by atoms with Crippen LogP contribution in [0.15, 0.2) is 24.3 Å². The van der Waals surface area contributed by atoms with E-state index in [1.165, 1.54) is 25.0 Å². The Labute approximate surface area is 114 Å². The van der Waals surface area contributed by atoms with Gasteiger partial charge in [-0.2, -0.15) is 0 Å². The van der Waals surface area contributed by atoms with Crippen LogP contribution in [0.4, 0.5) is 4.39 Å². The van der Waals surface area contributed by atoms with E-state index in [1.54, 1.807) is 12.1 Å². The lowest BCUT2D eigenvalue weighted by Crippen LogP contribution is -2.38. The fraction of sp³-hybridized carbons (Fsp3) is 0.562. The number of hydrogen-bond acceptors (Lipinski definition) is 2. The summed E-state index contributed by atoms with van der Waals surface area (Å²) in [6.45, 7) is 2.65. The smallest absolute Gasteiger partial charge is 0.176 e. The average Bonchev–Trinajstić information content (AvgIpc) is 2.38. The van der Waals surface area contributed by atoms with Crippen LogP contribution in [-0.4, -0.2) is 30.3 Å². The van der Waals surface area contributed by atoms with E-state index in [2.05, 4.69) is 11.8 Å². The summed E-state index contributed by atoms with van der Waals surface area (Å²) in [4.78, 5) is 14.3. The van der Waals surface area contributed by atoms with E-state index in [4.69, 9.17) is 0 Å². The highest BCUT2D eigenvalue weighted by atomic mass is 19.1. The molecule has 2 atom stereocenters. The zero-order valence-electron chi connectivity index (χ0n) is 11.7. The van der Waals surface area contributed by atoms with Crippen LogP contribution in [0.25, 0.3) is 0 Å². The van der Waals surface area contributed by atoms with Crippen LogP contribution in [0.5, 0.6) is 0 Å². The molecule has 0 amide bonds. The Morgan fingerprint density at radius 2 is 2.21 bits per heavy atom. The topological polar surface area (TPSA) is 20.3 Å². The number of halogens is 1. The molecule has 1 aliphatic rings. The van der Waals surface area contributed by atoms with E-state index in [9.17, 15) is 9.18 Å². The molecule has 0 aliphatic heterocycles. The molecular formula is C16H22FNO. The number of rotatable bonds is 4. The van der Waals surface area contributed by atoms with Gasteiger partial charge in [0, 0.05) is 11.6 Å². The van der Waals surface area contributed by atoms with Gasteiger partial charge in [-0.1, -0.05) is 31.9 Å². The number of carbonyl (C=O) groups is 1. The van der Waals surface area contributed by atoms with Crippen molar-refractivity contribution in [3.05, 3.63) is 35.6 Å². The first-order valence-corrected chi connectivity index (χ1v) is 7.05. The average molecular weight is 263 g/mol. The third-order valence-corrected chi connectivity index (χ3v) is 4.07. The van der Waals surface area contributed by atoms with Crippen molar-refractivity contribution in [2.24, 2.45) is 5.92 Å². The summed E-state index contributed by atoms with van der Waals surface area (Å²) in [5, 5.41) is 0. The highest BCUT2D eigenvalue weighted by molar-refractivity contribution is 5.97. The van der Waals surface area contributed by atoms with E-state index in [1.807, 2.05) is 7.05 Å². The lowest BCUT2D eigenvalue weighted by Gasteiger charge is -2.33. The van der Waals surface area contributed by atoms with Crippen molar-refractivity contribution in [3.63, 3.8) is 0 Å². The van der Waals surface area contributed by atoms with Crippen molar-refractivity contribution in [2.45, 2.75) is 38.6 Å². The van der Waals surface area contributed by atoms with E-state index >= 15 is 0 Å². The molecule has 1 aliphatic carbocycles. The van der Waals surface area contributed by atoms with E-state index in [0.29, 0.717) is 18.2 Å². The molecule has 0 radical (unpaired) electrons. The van der Waals surface area contributed by atoms with Gasteiger partial charge in [0.2, 0.25) is 0 Å². The fourth-order valence-corrected chi connectivity index (χ4v) is 2.91. The van der Waals surface area contributed by atoms with Crippen molar-refractivity contribution in [1.29, 1.82) is 0 Å². The number of nitrogens with zero attached hydrogens (tertiary/aromatic N) is 1. The molecule has 0 heterocycles. The highest BCUT2D eigenvalue weighted by Crippen LogP contribution is 2.26. The maximum Gasteiger partial charge on any atom is 0.176 e. The summed E-state index contributed by atoms with van der Waals surface area (Å²) >= 11 is 0. The quantitative estimate of drug-likeness (QED) is 0.775. The molecule has 19 heavy (non-hydrogen) atoms. The van der Waals surface area contributed by atoms with Crippen LogP contribution in [0, 0.1) is 11.7 Å². The Hall–Kier alpha value is -1.22. The molecule has 0 saturated heterocycles. The molecule has 1 saturated carbocycles. The first kappa shape index (κ1) is 14.2. The minimum Gasteiger partial charge on any atom is -0.296 e. The van der Waals surface area contributed by atoms with Gasteiger partial charge in [0.1, 0.15) is 5.82 Å². The fourth-order valence-electron chi connectivity index (χ4n) is 2.91. The van der Waals surface area contributed by atoms with Crippen LogP contribution < -0.4 is 0 Å². The van der Waals surface area contributed by atoms with E-state index in [0.717, 1.165) is 18.8 Å². The van der Waals surface area contributed by atoms with Crippen molar-refractivity contribution in [2.75, 3.05) is 13.6 Å². The van der Waals surface area contributed by atoms with Crippen LogP contribution in [0.2, 0.25) is 0 Å². The third-order valence-electron chi connectivity index (χ3n) is 4.07. The van der Waals surface area contributed by atoms with Gasteiger partial charge in [0.15, 0.2) is 5.78 Å². The minimum atomic E-state index is -0.347. The first-order valence-electron chi connectivity index (χ1n) is 7.05. The summed E-state index contributed by atoms with van der Waals surface area (Å²) in [5.41, 5.74) is 0.468. The molecule has 0 N–H and O–H groups in total. The van der Waals surface area contributed by atoms with Crippen LogP contribution in [-0.2, 0) is 0 Å². The Balaban J connectivity index is 1.94. The van der Waals surface area contributed by atoms with Gasteiger partial charge in [0.25, 0.3) is 0 Å². The second-order valence-corrected chi connectivity index (χ2v) is 5.77. The third kappa shape index (κ3) is 3.87. The predicted molar refractivity (Wildman–Crippen MR) is 74.8 cm³/mol. The summed E-state index contributed by atoms with van der Waals surface area (Å²) in [7, 11) is 2.00. The van der Waals surface area contributed by atoms with Crippen molar-refractivity contribution in [3.8, 4) is 0 Å². The van der Waals surface area contributed by atoms with Gasteiger partial charge in [-0.25, -0.2) is 4.39 Å². The number of carbonyl (C=O) groups excluding carboxylic acids is 1. The normalized spacial score (nSPS) is 23.6. The molecule has 0 aromatic heterocycles. The molecule has 0 spiro atoms.